The van der Waals surface area contributed by atoms with Crippen LogP contribution >= 0.6 is 15.9 Å². The Labute approximate surface area is 160 Å². The zero-order valence-electron chi connectivity index (χ0n) is 14.9. The predicted octanol–water partition coefficient (Wildman–Crippen LogP) is 4.22. The Morgan fingerprint density at radius 1 is 1.08 bits per heavy atom. The van der Waals surface area contributed by atoms with Crippen LogP contribution in [0.3, 0.4) is 0 Å². The molecule has 2 amide bonds. The molecule has 0 aliphatic heterocycles. The number of anilines is 1. The van der Waals surface area contributed by atoms with Crippen molar-refractivity contribution >= 4 is 44.3 Å². The summed E-state index contributed by atoms with van der Waals surface area (Å²) in [6.45, 7) is 5.82. The molecule has 0 spiro atoms. The first kappa shape index (κ1) is 18.2. The van der Waals surface area contributed by atoms with Gasteiger partial charge in [0.1, 0.15) is 5.69 Å². The van der Waals surface area contributed by atoms with E-state index in [0.29, 0.717) is 10.2 Å². The molecule has 0 saturated heterocycles. The van der Waals surface area contributed by atoms with Crippen molar-refractivity contribution in [2.45, 2.75) is 20.8 Å². The number of carbonyl (C=O) groups excluding carboxylic acids is 2. The second-order valence-electron chi connectivity index (χ2n) is 6.36. The van der Waals surface area contributed by atoms with E-state index in [0.717, 1.165) is 33.3 Å². The van der Waals surface area contributed by atoms with Crippen LogP contribution in [0.5, 0.6) is 0 Å². The molecule has 1 heterocycles. The first-order valence-corrected chi connectivity index (χ1v) is 9.08. The van der Waals surface area contributed by atoms with E-state index in [4.69, 9.17) is 0 Å². The Morgan fingerprint density at radius 2 is 1.73 bits per heavy atom. The third kappa shape index (κ3) is 3.65. The summed E-state index contributed by atoms with van der Waals surface area (Å²) in [5.74, 6) is -0.596. The van der Waals surface area contributed by atoms with Gasteiger partial charge >= 0.3 is 0 Å². The zero-order valence-corrected chi connectivity index (χ0v) is 16.5. The highest BCUT2D eigenvalue weighted by molar-refractivity contribution is 9.10. The van der Waals surface area contributed by atoms with Gasteiger partial charge in [0.05, 0.1) is 11.0 Å². The average Bonchev–Trinajstić information content (AvgIpc) is 2.93. The van der Waals surface area contributed by atoms with Crippen LogP contribution in [0.4, 0.5) is 5.69 Å². The molecule has 0 aliphatic carbocycles. The molecule has 1 aromatic heterocycles. The van der Waals surface area contributed by atoms with Gasteiger partial charge in [-0.2, -0.15) is 0 Å². The van der Waals surface area contributed by atoms with Crippen molar-refractivity contribution in [3.63, 3.8) is 0 Å². The molecule has 5 nitrogen and oxygen atoms in total. The van der Waals surface area contributed by atoms with E-state index in [2.05, 4.69) is 31.5 Å². The molecular formula is C20H20BrN3O2. The minimum Gasteiger partial charge on any atom is -0.350 e. The van der Waals surface area contributed by atoms with Gasteiger partial charge in [0, 0.05) is 16.6 Å². The molecular weight excluding hydrogens is 394 g/mol. The number of aryl methyl sites for hydroxylation is 3. The second-order valence-corrected chi connectivity index (χ2v) is 7.16. The SMILES string of the molecule is Cc1cc(C)c(NC(=O)CNC(=O)c2[nH]c3ccccc3c2Br)c(C)c1. The lowest BCUT2D eigenvalue weighted by molar-refractivity contribution is -0.115. The Hall–Kier alpha value is -2.60. The maximum atomic E-state index is 12.4. The number of aromatic nitrogens is 1. The van der Waals surface area contributed by atoms with Gasteiger partial charge in [0.15, 0.2) is 0 Å². The number of halogens is 1. The average molecular weight is 414 g/mol. The van der Waals surface area contributed by atoms with Crippen molar-refractivity contribution in [2.75, 3.05) is 11.9 Å². The molecule has 0 bridgehead atoms. The van der Waals surface area contributed by atoms with Gasteiger partial charge in [0.2, 0.25) is 5.91 Å². The third-order valence-corrected chi connectivity index (χ3v) is 5.04. The number of benzene rings is 2. The summed E-state index contributed by atoms with van der Waals surface area (Å²) in [5.41, 5.74) is 5.21. The normalized spacial score (nSPS) is 10.8. The van der Waals surface area contributed by atoms with Gasteiger partial charge < -0.3 is 15.6 Å². The summed E-state index contributed by atoms with van der Waals surface area (Å²) >= 11 is 3.45. The van der Waals surface area contributed by atoms with Crippen molar-refractivity contribution in [2.24, 2.45) is 0 Å². The van der Waals surface area contributed by atoms with Crippen molar-refractivity contribution in [1.82, 2.24) is 10.3 Å². The van der Waals surface area contributed by atoms with Crippen LogP contribution < -0.4 is 10.6 Å². The van der Waals surface area contributed by atoms with Crippen LogP contribution in [0.1, 0.15) is 27.2 Å². The first-order chi connectivity index (χ1) is 12.4. The van der Waals surface area contributed by atoms with Gasteiger partial charge in [-0.15, -0.1) is 0 Å². The molecule has 134 valence electrons. The Bertz CT molecular complexity index is 984. The van der Waals surface area contributed by atoms with Crippen molar-refractivity contribution in [3.05, 3.63) is 63.3 Å². The van der Waals surface area contributed by atoms with Crippen molar-refractivity contribution in [3.8, 4) is 0 Å². The minimum absolute atomic E-state index is 0.104. The molecule has 3 aromatic rings. The number of amides is 2. The Morgan fingerprint density at radius 3 is 2.38 bits per heavy atom. The first-order valence-electron chi connectivity index (χ1n) is 8.29. The van der Waals surface area contributed by atoms with Crippen LogP contribution in [-0.2, 0) is 4.79 Å². The summed E-state index contributed by atoms with van der Waals surface area (Å²) in [7, 11) is 0. The number of hydrogen-bond donors (Lipinski definition) is 3. The lowest BCUT2D eigenvalue weighted by Crippen LogP contribution is -2.33. The Kier molecular flexibility index (Phi) is 5.13. The van der Waals surface area contributed by atoms with E-state index < -0.39 is 0 Å². The summed E-state index contributed by atoms with van der Waals surface area (Å²) in [4.78, 5) is 27.7. The maximum absolute atomic E-state index is 12.4. The molecule has 0 radical (unpaired) electrons. The fraction of sp³-hybridized carbons (Fsp3) is 0.200. The monoisotopic (exact) mass is 413 g/mol. The molecule has 2 aromatic carbocycles. The van der Waals surface area contributed by atoms with Gasteiger partial charge in [-0.1, -0.05) is 35.9 Å². The lowest BCUT2D eigenvalue weighted by Gasteiger charge is -2.13. The van der Waals surface area contributed by atoms with Crippen LogP contribution in [0, 0.1) is 20.8 Å². The quantitative estimate of drug-likeness (QED) is 0.598. The highest BCUT2D eigenvalue weighted by Crippen LogP contribution is 2.27. The summed E-state index contributed by atoms with van der Waals surface area (Å²) < 4.78 is 0.691. The molecule has 0 fully saturated rings. The number of H-pyrrole nitrogens is 1. The van der Waals surface area contributed by atoms with Crippen molar-refractivity contribution < 1.29 is 9.59 Å². The Balaban J connectivity index is 1.67. The van der Waals surface area contributed by atoms with Gasteiger partial charge in [-0.05, 0) is 53.9 Å². The van der Waals surface area contributed by atoms with Crippen LogP contribution in [0.15, 0.2) is 40.9 Å². The van der Waals surface area contributed by atoms with Crippen LogP contribution in [0.25, 0.3) is 10.9 Å². The van der Waals surface area contributed by atoms with E-state index in [-0.39, 0.29) is 18.4 Å². The highest BCUT2D eigenvalue weighted by atomic mass is 79.9. The zero-order chi connectivity index (χ0) is 18.8. The van der Waals surface area contributed by atoms with E-state index in [1.54, 1.807) is 0 Å². The highest BCUT2D eigenvalue weighted by Gasteiger charge is 2.17. The number of hydrogen-bond acceptors (Lipinski definition) is 2. The number of rotatable bonds is 4. The minimum atomic E-state index is -0.333. The number of nitrogens with one attached hydrogen (secondary N) is 3. The topological polar surface area (TPSA) is 74.0 Å². The third-order valence-electron chi connectivity index (χ3n) is 4.22. The van der Waals surface area contributed by atoms with E-state index in [1.807, 2.05) is 57.2 Å². The molecule has 0 unspecified atom stereocenters. The predicted molar refractivity (Wildman–Crippen MR) is 108 cm³/mol. The lowest BCUT2D eigenvalue weighted by atomic mass is 10.1. The summed E-state index contributed by atoms with van der Waals surface area (Å²) in [5, 5.41) is 6.46. The standard InChI is InChI=1S/C20H20BrN3O2/c1-11-8-12(2)18(13(3)9-11)24-16(25)10-22-20(26)19-17(21)14-6-4-5-7-15(14)23-19/h4-9,23H,10H2,1-3H3,(H,22,26)(H,24,25). The molecule has 6 heteroatoms. The molecule has 0 saturated carbocycles. The summed E-state index contributed by atoms with van der Waals surface area (Å²) in [6, 6.07) is 11.6. The molecule has 26 heavy (non-hydrogen) atoms. The van der Waals surface area contributed by atoms with E-state index in [9.17, 15) is 9.59 Å². The van der Waals surface area contributed by atoms with Crippen molar-refractivity contribution in [1.29, 1.82) is 0 Å². The number of fused-ring (bicyclic) bond motifs is 1. The molecule has 0 atom stereocenters. The van der Waals surface area contributed by atoms with Gasteiger partial charge in [-0.25, -0.2) is 0 Å². The number of aromatic amines is 1. The number of carbonyl (C=O) groups is 2. The smallest absolute Gasteiger partial charge is 0.269 e. The molecule has 0 aliphatic rings. The second kappa shape index (κ2) is 7.33. The fourth-order valence-electron chi connectivity index (χ4n) is 3.07. The van der Waals surface area contributed by atoms with Gasteiger partial charge in [0.25, 0.3) is 5.91 Å². The maximum Gasteiger partial charge on any atom is 0.269 e. The van der Waals surface area contributed by atoms with Crippen LogP contribution in [0.2, 0.25) is 0 Å². The van der Waals surface area contributed by atoms with Crippen LogP contribution in [-0.4, -0.2) is 23.3 Å². The summed E-state index contributed by atoms with van der Waals surface area (Å²) in [6.07, 6.45) is 0. The molecule has 3 rings (SSSR count). The van der Waals surface area contributed by atoms with E-state index >= 15 is 0 Å². The molecule has 3 N–H and O–H groups in total. The largest absolute Gasteiger partial charge is 0.350 e. The van der Waals surface area contributed by atoms with Gasteiger partial charge in [-0.3, -0.25) is 9.59 Å². The van der Waals surface area contributed by atoms with E-state index in [1.165, 1.54) is 0 Å². The number of para-hydroxylation sites is 1. The fourth-order valence-corrected chi connectivity index (χ4v) is 3.70.